The molecule has 0 radical (unpaired) electrons. The number of rotatable bonds is 6. The molecule has 4 rings (SSSR count). The van der Waals surface area contributed by atoms with Gasteiger partial charge in [0, 0.05) is 46.7 Å². The van der Waals surface area contributed by atoms with E-state index in [1.807, 2.05) is 32.0 Å². The largest absolute Gasteiger partial charge is 0.497 e. The summed E-state index contributed by atoms with van der Waals surface area (Å²) in [5, 5.41) is 1.62. The number of nitrogens with one attached hydrogen (secondary N) is 2. The van der Waals surface area contributed by atoms with Crippen molar-refractivity contribution in [3.8, 4) is 5.75 Å². The molecule has 0 saturated heterocycles. The fraction of sp³-hybridized carbons (Fsp3) is 0.348. The van der Waals surface area contributed by atoms with Gasteiger partial charge in [-0.1, -0.05) is 25.4 Å². The van der Waals surface area contributed by atoms with E-state index in [2.05, 4.69) is 9.71 Å². The maximum atomic E-state index is 13.4. The molecule has 32 heavy (non-hydrogen) atoms. The first-order chi connectivity index (χ1) is 15.2. The van der Waals surface area contributed by atoms with Gasteiger partial charge in [-0.25, -0.2) is 8.42 Å². The van der Waals surface area contributed by atoms with Crippen molar-refractivity contribution in [2.45, 2.75) is 37.8 Å². The summed E-state index contributed by atoms with van der Waals surface area (Å²) < 4.78 is 33.6. The molecule has 1 aromatic heterocycles. The monoisotopic (exact) mass is 475 g/mol. The summed E-state index contributed by atoms with van der Waals surface area (Å²) in [5.74, 6) is 0.0943. The number of methoxy groups -OCH3 is 1. The Kier molecular flexibility index (Phi) is 6.20. The van der Waals surface area contributed by atoms with Gasteiger partial charge in [0.15, 0.2) is 0 Å². The fourth-order valence-corrected chi connectivity index (χ4v) is 5.54. The zero-order chi connectivity index (χ0) is 23.0. The molecular weight excluding hydrogens is 450 g/mol. The van der Waals surface area contributed by atoms with Crippen LogP contribution in [0.25, 0.3) is 10.9 Å². The van der Waals surface area contributed by atoms with Crippen LogP contribution in [0.2, 0.25) is 5.02 Å². The Morgan fingerprint density at radius 2 is 1.91 bits per heavy atom. The van der Waals surface area contributed by atoms with Gasteiger partial charge in [0.2, 0.25) is 15.9 Å². The number of hydrogen-bond donors (Lipinski definition) is 2. The lowest BCUT2D eigenvalue weighted by atomic mass is 10.0. The van der Waals surface area contributed by atoms with Gasteiger partial charge >= 0.3 is 0 Å². The minimum atomic E-state index is -3.88. The average molecular weight is 476 g/mol. The van der Waals surface area contributed by atoms with Crippen LogP contribution < -0.4 is 9.46 Å². The maximum absolute atomic E-state index is 13.4. The molecule has 1 aliphatic rings. The molecule has 2 N–H and O–H groups in total. The van der Waals surface area contributed by atoms with Crippen LogP contribution in [-0.4, -0.2) is 43.9 Å². The number of amides is 1. The lowest BCUT2D eigenvalue weighted by Crippen LogP contribution is -2.52. The molecular formula is C23H26ClN3O4S. The molecule has 0 aliphatic carbocycles. The number of carbonyl (C=O) groups is 1. The number of fused-ring (bicyclic) bond motifs is 3. The molecule has 0 saturated carbocycles. The summed E-state index contributed by atoms with van der Waals surface area (Å²) >= 11 is 6.18. The highest BCUT2D eigenvalue weighted by atomic mass is 35.5. The van der Waals surface area contributed by atoms with Gasteiger partial charge in [0.05, 0.1) is 12.0 Å². The van der Waals surface area contributed by atoms with Crippen molar-refractivity contribution < 1.29 is 17.9 Å². The highest BCUT2D eigenvalue weighted by Gasteiger charge is 2.34. The van der Waals surface area contributed by atoms with Crippen LogP contribution in [0, 0.1) is 5.92 Å². The van der Waals surface area contributed by atoms with E-state index in [1.165, 1.54) is 19.2 Å². The SMILES string of the molecule is COc1ccc(S(=O)(=O)N[C@H](C(=O)N2CCc3[nH]c4ccc(Cl)cc4c3C2)C(C)C)cc1. The van der Waals surface area contributed by atoms with Crippen LogP contribution in [0.1, 0.15) is 25.1 Å². The third-order valence-corrected chi connectivity index (χ3v) is 7.53. The first-order valence-corrected chi connectivity index (χ1v) is 12.3. The Hall–Kier alpha value is -2.55. The number of H-pyrrole nitrogens is 1. The van der Waals surface area contributed by atoms with Crippen molar-refractivity contribution in [3.63, 3.8) is 0 Å². The number of aromatic nitrogens is 1. The van der Waals surface area contributed by atoms with Crippen LogP contribution in [0.3, 0.4) is 0 Å². The summed E-state index contributed by atoms with van der Waals surface area (Å²) in [6, 6.07) is 10.9. The summed E-state index contributed by atoms with van der Waals surface area (Å²) in [4.78, 5) is 18.6. The highest BCUT2D eigenvalue weighted by Crippen LogP contribution is 2.30. The highest BCUT2D eigenvalue weighted by molar-refractivity contribution is 7.89. The molecule has 0 bridgehead atoms. The van der Waals surface area contributed by atoms with Crippen LogP contribution in [-0.2, 0) is 27.8 Å². The smallest absolute Gasteiger partial charge is 0.241 e. The van der Waals surface area contributed by atoms with Gasteiger partial charge in [0.1, 0.15) is 11.8 Å². The summed E-state index contributed by atoms with van der Waals surface area (Å²) in [7, 11) is -2.37. The topological polar surface area (TPSA) is 91.5 Å². The predicted octanol–water partition coefficient (Wildman–Crippen LogP) is 3.72. The molecule has 3 aromatic rings. The quantitative estimate of drug-likeness (QED) is 0.568. The van der Waals surface area contributed by atoms with E-state index < -0.39 is 16.1 Å². The lowest BCUT2D eigenvalue weighted by Gasteiger charge is -2.32. The third kappa shape index (κ3) is 4.35. The minimum Gasteiger partial charge on any atom is -0.497 e. The molecule has 2 heterocycles. The molecule has 1 aliphatic heterocycles. The molecule has 1 amide bonds. The zero-order valence-corrected chi connectivity index (χ0v) is 19.8. The van der Waals surface area contributed by atoms with Crippen molar-refractivity contribution in [2.75, 3.05) is 13.7 Å². The summed E-state index contributed by atoms with van der Waals surface area (Å²) in [6.07, 6.45) is 0.670. The lowest BCUT2D eigenvalue weighted by molar-refractivity contribution is -0.135. The summed E-state index contributed by atoms with van der Waals surface area (Å²) in [5.41, 5.74) is 3.10. The standard InChI is InChI=1S/C23H26ClN3O4S/c1-14(2)22(26-32(29,30)17-7-5-16(31-3)6-8-17)23(28)27-11-10-21-19(13-27)18-12-15(24)4-9-20(18)25-21/h4-9,12,14,22,25-26H,10-11,13H2,1-3H3/t22-/m0/s1. The molecule has 0 fully saturated rings. The van der Waals surface area contributed by atoms with E-state index in [0.717, 1.165) is 22.2 Å². The number of halogens is 1. The van der Waals surface area contributed by atoms with Gasteiger partial charge in [-0.2, -0.15) is 4.72 Å². The number of nitrogens with zero attached hydrogens (tertiary/aromatic N) is 1. The van der Waals surface area contributed by atoms with E-state index in [0.29, 0.717) is 30.3 Å². The van der Waals surface area contributed by atoms with Gasteiger partial charge in [-0.3, -0.25) is 4.79 Å². The van der Waals surface area contributed by atoms with Crippen molar-refractivity contribution in [2.24, 2.45) is 5.92 Å². The molecule has 0 spiro atoms. The Balaban J connectivity index is 1.57. The predicted molar refractivity (Wildman–Crippen MR) is 124 cm³/mol. The Bertz CT molecular complexity index is 1250. The fourth-order valence-electron chi connectivity index (χ4n) is 4.03. The van der Waals surface area contributed by atoms with Gasteiger partial charge in [-0.05, 0) is 48.4 Å². The van der Waals surface area contributed by atoms with Crippen molar-refractivity contribution in [1.82, 2.24) is 14.6 Å². The normalized spacial score (nSPS) is 15.1. The van der Waals surface area contributed by atoms with Crippen LogP contribution in [0.15, 0.2) is 47.4 Å². The van der Waals surface area contributed by atoms with E-state index >= 15 is 0 Å². The van der Waals surface area contributed by atoms with Crippen LogP contribution in [0.5, 0.6) is 5.75 Å². The molecule has 170 valence electrons. The van der Waals surface area contributed by atoms with Crippen LogP contribution >= 0.6 is 11.6 Å². The Labute approximate surface area is 192 Å². The van der Waals surface area contributed by atoms with Gasteiger partial charge in [-0.15, -0.1) is 0 Å². The van der Waals surface area contributed by atoms with Gasteiger partial charge in [0.25, 0.3) is 0 Å². The van der Waals surface area contributed by atoms with Gasteiger partial charge < -0.3 is 14.6 Å². The van der Waals surface area contributed by atoms with E-state index in [9.17, 15) is 13.2 Å². The Morgan fingerprint density at radius 3 is 2.56 bits per heavy atom. The third-order valence-electron chi connectivity index (χ3n) is 5.83. The number of ether oxygens (including phenoxy) is 1. The molecule has 9 heteroatoms. The Morgan fingerprint density at radius 1 is 1.19 bits per heavy atom. The molecule has 0 unspecified atom stereocenters. The van der Waals surface area contributed by atoms with Crippen molar-refractivity contribution in [1.29, 1.82) is 0 Å². The zero-order valence-electron chi connectivity index (χ0n) is 18.2. The number of sulfonamides is 1. The van der Waals surface area contributed by atoms with E-state index in [1.54, 1.807) is 17.0 Å². The first kappa shape index (κ1) is 22.6. The first-order valence-electron chi connectivity index (χ1n) is 10.4. The second-order valence-corrected chi connectivity index (χ2v) is 10.5. The minimum absolute atomic E-state index is 0.0870. The molecule has 7 nitrogen and oxygen atoms in total. The van der Waals surface area contributed by atoms with E-state index in [-0.39, 0.29) is 16.7 Å². The van der Waals surface area contributed by atoms with Crippen LogP contribution in [0.4, 0.5) is 0 Å². The maximum Gasteiger partial charge on any atom is 0.241 e. The second-order valence-electron chi connectivity index (χ2n) is 8.30. The van der Waals surface area contributed by atoms with Crippen molar-refractivity contribution in [3.05, 3.63) is 58.7 Å². The number of benzene rings is 2. The second kappa shape index (κ2) is 8.77. The average Bonchev–Trinajstić information content (AvgIpc) is 3.14. The number of aromatic amines is 1. The molecule has 2 aromatic carbocycles. The summed E-state index contributed by atoms with van der Waals surface area (Å²) in [6.45, 7) is 4.59. The number of carbonyl (C=O) groups excluding carboxylic acids is 1. The van der Waals surface area contributed by atoms with Crippen molar-refractivity contribution >= 4 is 38.4 Å². The number of hydrogen-bond acceptors (Lipinski definition) is 4. The molecule has 1 atom stereocenters. The van der Waals surface area contributed by atoms with E-state index in [4.69, 9.17) is 16.3 Å².